The van der Waals surface area contributed by atoms with Crippen molar-refractivity contribution >= 4 is 11.9 Å². The Hall–Kier alpha value is -0.646. The van der Waals surface area contributed by atoms with Crippen LogP contribution in [0.5, 0.6) is 0 Å². The van der Waals surface area contributed by atoms with E-state index in [-0.39, 0.29) is 28.6 Å². The second-order valence-corrected chi connectivity index (χ2v) is 8.81. The predicted octanol–water partition coefficient (Wildman–Crippen LogP) is 0.269. The van der Waals surface area contributed by atoms with Crippen LogP contribution >= 0.6 is 0 Å². The summed E-state index contributed by atoms with van der Waals surface area (Å²) in [6, 6.07) is -0.405. The predicted molar refractivity (Wildman–Crippen MR) is 97.3 cm³/mol. The van der Waals surface area contributed by atoms with Crippen LogP contribution in [0.25, 0.3) is 0 Å². The number of aliphatic carboxylic acids is 2. The van der Waals surface area contributed by atoms with Crippen LogP contribution in [0.2, 0.25) is 0 Å². The molecular formula is C20H36N2NiO4. The molecule has 6 atom stereocenters. The number of nitrogens with two attached hydrogens (primary N) is 2. The molecule has 0 aliphatic heterocycles. The van der Waals surface area contributed by atoms with Gasteiger partial charge in [0, 0.05) is 35.9 Å². The van der Waals surface area contributed by atoms with Crippen molar-refractivity contribution in [3.8, 4) is 0 Å². The van der Waals surface area contributed by atoms with Crippen LogP contribution in [0.3, 0.4) is 0 Å². The van der Waals surface area contributed by atoms with Gasteiger partial charge in [-0.1, -0.05) is 27.7 Å². The molecule has 2 aliphatic rings. The Morgan fingerprint density at radius 1 is 0.741 bits per heavy atom. The second kappa shape index (κ2) is 12.0. The van der Waals surface area contributed by atoms with Gasteiger partial charge in [-0.15, -0.1) is 0 Å². The zero-order chi connectivity index (χ0) is 20.0. The SMILES string of the molecule is CC(C)C1CCC(C(=O)[O-])C(N)C1.CC(C)C1CCC(C(=O)[O-])C(N)C1.[Ni+2]. The van der Waals surface area contributed by atoms with Crippen molar-refractivity contribution in [2.45, 2.75) is 78.3 Å². The molecule has 0 aromatic carbocycles. The van der Waals surface area contributed by atoms with Gasteiger partial charge in [0.25, 0.3) is 0 Å². The quantitative estimate of drug-likeness (QED) is 0.619. The zero-order valence-corrected chi connectivity index (χ0v) is 18.0. The van der Waals surface area contributed by atoms with Crippen LogP contribution in [0, 0.1) is 35.5 Å². The summed E-state index contributed by atoms with van der Waals surface area (Å²) in [6.07, 6.45) is 4.99. The first kappa shape index (κ1) is 26.4. The van der Waals surface area contributed by atoms with E-state index in [1.165, 1.54) is 0 Å². The molecule has 6 unspecified atom stereocenters. The van der Waals surface area contributed by atoms with Gasteiger partial charge in [0.2, 0.25) is 0 Å². The third kappa shape index (κ3) is 8.09. The van der Waals surface area contributed by atoms with E-state index in [0.717, 1.165) is 25.7 Å². The number of hydrogen-bond donors (Lipinski definition) is 2. The largest absolute Gasteiger partial charge is 2.00 e. The maximum Gasteiger partial charge on any atom is 2.00 e. The van der Waals surface area contributed by atoms with Crippen molar-refractivity contribution in [1.29, 1.82) is 0 Å². The minimum atomic E-state index is -0.977. The molecule has 2 rings (SSSR count). The molecule has 0 saturated heterocycles. The minimum Gasteiger partial charge on any atom is -0.550 e. The first-order chi connectivity index (χ1) is 12.0. The van der Waals surface area contributed by atoms with E-state index >= 15 is 0 Å². The molecule has 6 nitrogen and oxygen atoms in total. The van der Waals surface area contributed by atoms with Gasteiger partial charge in [-0.25, -0.2) is 0 Å². The van der Waals surface area contributed by atoms with Gasteiger partial charge in [-0.05, 0) is 62.2 Å². The molecule has 4 N–H and O–H groups in total. The van der Waals surface area contributed by atoms with Crippen molar-refractivity contribution in [1.82, 2.24) is 0 Å². The van der Waals surface area contributed by atoms with Gasteiger partial charge in [0.15, 0.2) is 0 Å². The molecule has 0 heterocycles. The summed E-state index contributed by atoms with van der Waals surface area (Å²) in [5, 5.41) is 21.3. The first-order valence-electron chi connectivity index (χ1n) is 9.97. The third-order valence-electron chi connectivity index (χ3n) is 6.37. The molecule has 2 fully saturated rings. The summed E-state index contributed by atoms with van der Waals surface area (Å²) in [6.45, 7) is 8.65. The van der Waals surface area contributed by atoms with Crippen molar-refractivity contribution in [2.24, 2.45) is 47.0 Å². The van der Waals surface area contributed by atoms with E-state index in [0.29, 0.717) is 36.5 Å². The molecule has 0 aromatic heterocycles. The molecule has 7 heteroatoms. The van der Waals surface area contributed by atoms with E-state index in [1.807, 2.05) is 0 Å². The monoisotopic (exact) mass is 426 g/mol. The van der Waals surface area contributed by atoms with Crippen molar-refractivity contribution in [3.63, 3.8) is 0 Å². The summed E-state index contributed by atoms with van der Waals surface area (Å²) in [7, 11) is 0. The maximum atomic E-state index is 10.7. The zero-order valence-electron chi connectivity index (χ0n) is 17.0. The Morgan fingerprint density at radius 2 is 1.04 bits per heavy atom. The molecular weight excluding hydrogens is 391 g/mol. The summed E-state index contributed by atoms with van der Waals surface area (Å²) >= 11 is 0. The van der Waals surface area contributed by atoms with Crippen LogP contribution in [-0.2, 0) is 26.1 Å². The molecule has 0 amide bonds. The average Bonchev–Trinajstić information content (AvgIpc) is 2.54. The summed E-state index contributed by atoms with van der Waals surface area (Å²) < 4.78 is 0. The average molecular weight is 427 g/mol. The summed E-state index contributed by atoms with van der Waals surface area (Å²) in [4.78, 5) is 21.3. The van der Waals surface area contributed by atoms with E-state index in [4.69, 9.17) is 11.5 Å². The molecule has 2 aliphatic carbocycles. The van der Waals surface area contributed by atoms with E-state index in [2.05, 4.69) is 27.7 Å². The van der Waals surface area contributed by atoms with Gasteiger partial charge in [-0.2, -0.15) is 0 Å². The fourth-order valence-corrected chi connectivity index (χ4v) is 4.28. The van der Waals surface area contributed by atoms with Crippen molar-refractivity contribution in [3.05, 3.63) is 0 Å². The van der Waals surface area contributed by atoms with E-state index < -0.39 is 23.8 Å². The van der Waals surface area contributed by atoms with Crippen LogP contribution in [-0.4, -0.2) is 24.0 Å². The van der Waals surface area contributed by atoms with E-state index in [1.54, 1.807) is 0 Å². The fraction of sp³-hybridized carbons (Fsp3) is 0.900. The van der Waals surface area contributed by atoms with Gasteiger partial charge < -0.3 is 31.3 Å². The Kier molecular flexibility index (Phi) is 11.7. The number of carbonyl (C=O) groups is 2. The Labute approximate surface area is 173 Å². The molecule has 0 spiro atoms. The number of hydrogen-bond acceptors (Lipinski definition) is 6. The first-order valence-corrected chi connectivity index (χ1v) is 9.97. The Balaban J connectivity index is 0.000000483. The summed E-state index contributed by atoms with van der Waals surface area (Å²) in [5.74, 6) is -0.409. The molecule has 0 radical (unpaired) electrons. The smallest absolute Gasteiger partial charge is 0.550 e. The van der Waals surface area contributed by atoms with Gasteiger partial charge in [-0.3, -0.25) is 0 Å². The Morgan fingerprint density at radius 3 is 1.22 bits per heavy atom. The van der Waals surface area contributed by atoms with Crippen LogP contribution in [0.1, 0.15) is 66.2 Å². The van der Waals surface area contributed by atoms with E-state index in [9.17, 15) is 19.8 Å². The number of rotatable bonds is 4. The molecule has 160 valence electrons. The fourth-order valence-electron chi connectivity index (χ4n) is 4.28. The third-order valence-corrected chi connectivity index (χ3v) is 6.37. The van der Waals surface area contributed by atoms with Crippen LogP contribution < -0.4 is 21.7 Å². The number of carboxylic acid groups (broad SMARTS) is 2. The van der Waals surface area contributed by atoms with Gasteiger partial charge in [0.05, 0.1) is 0 Å². The topological polar surface area (TPSA) is 132 Å². The normalized spacial score (nSPS) is 33.6. The van der Waals surface area contributed by atoms with Crippen LogP contribution in [0.4, 0.5) is 0 Å². The standard InChI is InChI=1S/2C10H19NO2.Ni/c2*1-6(2)7-3-4-8(10(12)13)9(11)5-7;/h2*6-9H,3-5,11H2,1-2H3,(H,12,13);/q;;+2/p-2. The second-order valence-electron chi connectivity index (χ2n) is 8.81. The minimum absolute atomic E-state index is 0. The Bertz CT molecular complexity index is 431. The number of carbonyl (C=O) groups excluding carboxylic acids is 2. The maximum absolute atomic E-state index is 10.7. The number of carboxylic acids is 2. The molecule has 0 bridgehead atoms. The molecule has 2 saturated carbocycles. The molecule has 0 aromatic rings. The van der Waals surface area contributed by atoms with Gasteiger partial charge in [0.1, 0.15) is 0 Å². The van der Waals surface area contributed by atoms with Gasteiger partial charge >= 0.3 is 16.5 Å². The van der Waals surface area contributed by atoms with Crippen LogP contribution in [0.15, 0.2) is 0 Å². The van der Waals surface area contributed by atoms with Crippen molar-refractivity contribution in [2.75, 3.05) is 0 Å². The molecule has 27 heavy (non-hydrogen) atoms. The van der Waals surface area contributed by atoms with Crippen molar-refractivity contribution < 1.29 is 36.3 Å². The summed E-state index contributed by atoms with van der Waals surface area (Å²) in [5.41, 5.74) is 11.6.